The van der Waals surface area contributed by atoms with Gasteiger partial charge in [-0.3, -0.25) is 4.79 Å². The van der Waals surface area contributed by atoms with E-state index in [0.717, 1.165) is 13.0 Å². The Hall–Kier alpha value is -1.40. The van der Waals surface area contributed by atoms with Gasteiger partial charge in [0.1, 0.15) is 0 Å². The lowest BCUT2D eigenvalue weighted by Gasteiger charge is -2.25. The molecule has 1 heterocycles. The summed E-state index contributed by atoms with van der Waals surface area (Å²) in [5, 5.41) is 0. The molecule has 0 bridgehead atoms. The van der Waals surface area contributed by atoms with E-state index in [1.807, 2.05) is 0 Å². The van der Waals surface area contributed by atoms with Gasteiger partial charge >= 0.3 is 0 Å². The van der Waals surface area contributed by atoms with Crippen LogP contribution >= 0.6 is 0 Å². The number of amides is 1. The quantitative estimate of drug-likeness (QED) is 0.815. The zero-order valence-corrected chi connectivity index (χ0v) is 14.0. The molecule has 0 aromatic heterocycles. The molecule has 1 aliphatic rings. The van der Waals surface area contributed by atoms with Crippen molar-refractivity contribution in [2.24, 2.45) is 10.1 Å². The highest BCUT2D eigenvalue weighted by molar-refractivity contribution is 7.93. The van der Waals surface area contributed by atoms with E-state index in [1.165, 1.54) is 32.4 Å². The minimum atomic E-state index is -2.40. The number of nitrogens with two attached hydrogens (primary N) is 1. The van der Waals surface area contributed by atoms with E-state index < -0.39 is 15.6 Å². The van der Waals surface area contributed by atoms with E-state index in [-0.39, 0.29) is 0 Å². The number of piperidine rings is 1. The summed E-state index contributed by atoms with van der Waals surface area (Å²) in [5.74, 6) is -0.479. The van der Waals surface area contributed by atoms with Gasteiger partial charge in [-0.1, -0.05) is 6.42 Å². The van der Waals surface area contributed by atoms with E-state index in [0.29, 0.717) is 17.0 Å². The normalized spacial score (nSPS) is 18.6. The monoisotopic (exact) mass is 323 g/mol. The summed E-state index contributed by atoms with van der Waals surface area (Å²) in [6, 6.07) is 6.56. The first-order chi connectivity index (χ1) is 10.5. The van der Waals surface area contributed by atoms with Gasteiger partial charge in [0.2, 0.25) is 5.91 Å². The molecule has 0 aliphatic carbocycles. The number of hydrogen-bond donors (Lipinski definition) is 1. The Kier molecular flexibility index (Phi) is 5.97. The average molecular weight is 323 g/mol. The van der Waals surface area contributed by atoms with Crippen molar-refractivity contribution in [3.63, 3.8) is 0 Å². The molecule has 1 unspecified atom stereocenters. The number of carbonyl (C=O) groups is 1. The van der Waals surface area contributed by atoms with Crippen LogP contribution in [0.15, 0.2) is 33.5 Å². The van der Waals surface area contributed by atoms with E-state index >= 15 is 0 Å². The topological polar surface area (TPSA) is 75.8 Å². The van der Waals surface area contributed by atoms with Crippen LogP contribution in [0.5, 0.6) is 0 Å². The van der Waals surface area contributed by atoms with Crippen molar-refractivity contribution >= 4 is 15.6 Å². The number of carbonyl (C=O) groups excluding carboxylic acids is 1. The first-order valence-electron chi connectivity index (χ1n) is 7.79. The number of benzene rings is 1. The van der Waals surface area contributed by atoms with Gasteiger partial charge in [-0.2, -0.15) is 0 Å². The van der Waals surface area contributed by atoms with Crippen LogP contribution in [0.2, 0.25) is 0 Å². The maximum atomic E-state index is 12.6. The molecule has 2 rings (SSSR count). The largest absolute Gasteiger partial charge is 0.366 e. The Balaban J connectivity index is 1.90. The molecule has 2 N–H and O–H groups in total. The van der Waals surface area contributed by atoms with Gasteiger partial charge in [0.05, 0.1) is 9.73 Å². The highest BCUT2D eigenvalue weighted by atomic mass is 32.2. The smallest absolute Gasteiger partial charge is 0.248 e. The van der Waals surface area contributed by atoms with Gasteiger partial charge in [0, 0.05) is 23.3 Å². The molecule has 1 aromatic rings. The molecule has 0 saturated carbocycles. The van der Waals surface area contributed by atoms with Gasteiger partial charge in [0.15, 0.2) is 0 Å². The molecule has 1 aliphatic heterocycles. The van der Waals surface area contributed by atoms with Crippen LogP contribution in [0.4, 0.5) is 0 Å². The van der Waals surface area contributed by atoms with Crippen molar-refractivity contribution in [2.75, 3.05) is 32.4 Å². The summed E-state index contributed by atoms with van der Waals surface area (Å²) in [7, 11) is -2.40. The van der Waals surface area contributed by atoms with Gasteiger partial charge in [-0.15, -0.1) is 0 Å². The van der Waals surface area contributed by atoms with Crippen LogP contribution in [-0.2, 0) is 9.73 Å². The lowest BCUT2D eigenvalue weighted by molar-refractivity contribution is 0.1000. The van der Waals surface area contributed by atoms with Crippen LogP contribution in [0, 0.1) is 0 Å². The van der Waals surface area contributed by atoms with Crippen molar-refractivity contribution in [1.29, 1.82) is 0 Å². The fraction of sp³-hybridized carbons (Fsp3) is 0.562. The summed E-state index contributed by atoms with van der Waals surface area (Å²) >= 11 is 0. The fourth-order valence-electron chi connectivity index (χ4n) is 2.66. The zero-order valence-electron chi connectivity index (χ0n) is 13.2. The van der Waals surface area contributed by atoms with Crippen LogP contribution in [0.3, 0.4) is 0 Å². The molecule has 1 atom stereocenters. The number of likely N-dealkylation sites (tertiary alicyclic amines) is 1. The lowest BCUT2D eigenvalue weighted by Crippen LogP contribution is -2.30. The lowest BCUT2D eigenvalue weighted by atomic mass is 10.1. The standard InChI is InChI=1S/C16H25N3O2S/c1-22(21,15-8-6-14(7-9-15)16(17)20)18-10-5-13-19-11-3-2-4-12-19/h6-9H,2-5,10-13H2,1H3,(H2,17,20). The van der Waals surface area contributed by atoms with E-state index in [2.05, 4.69) is 9.26 Å². The summed E-state index contributed by atoms with van der Waals surface area (Å²) in [5.41, 5.74) is 5.62. The fourth-order valence-corrected chi connectivity index (χ4v) is 3.93. The number of rotatable bonds is 6. The van der Waals surface area contributed by atoms with E-state index in [4.69, 9.17) is 5.73 Å². The summed E-state index contributed by atoms with van der Waals surface area (Å²) in [4.78, 5) is 14.2. The van der Waals surface area contributed by atoms with Crippen molar-refractivity contribution in [1.82, 2.24) is 4.90 Å². The number of hydrogen-bond acceptors (Lipinski definition) is 4. The second-order valence-electron chi connectivity index (χ2n) is 5.80. The van der Waals surface area contributed by atoms with Crippen molar-refractivity contribution in [2.45, 2.75) is 30.6 Å². The van der Waals surface area contributed by atoms with Gasteiger partial charge < -0.3 is 10.6 Å². The number of nitrogens with zero attached hydrogens (tertiary/aromatic N) is 2. The second-order valence-corrected chi connectivity index (χ2v) is 8.13. The Morgan fingerprint density at radius 3 is 2.45 bits per heavy atom. The molecule has 22 heavy (non-hydrogen) atoms. The van der Waals surface area contributed by atoms with Crippen LogP contribution in [0.25, 0.3) is 0 Å². The molecular formula is C16H25N3O2S. The predicted octanol–water partition coefficient (Wildman–Crippen LogP) is 2.12. The third kappa shape index (κ3) is 4.81. The molecular weight excluding hydrogens is 298 g/mol. The third-order valence-electron chi connectivity index (χ3n) is 3.99. The Morgan fingerprint density at radius 1 is 1.23 bits per heavy atom. The van der Waals surface area contributed by atoms with Gasteiger partial charge in [-0.25, -0.2) is 8.57 Å². The SMILES string of the molecule is CS(=O)(=NCCCN1CCCCC1)c1ccc(C(N)=O)cc1. The summed E-state index contributed by atoms with van der Waals surface area (Å²) in [6.45, 7) is 3.98. The first-order valence-corrected chi connectivity index (χ1v) is 9.71. The van der Waals surface area contributed by atoms with Crippen molar-refractivity contribution < 1.29 is 9.00 Å². The van der Waals surface area contributed by atoms with Gasteiger partial charge in [0.25, 0.3) is 0 Å². The third-order valence-corrected chi connectivity index (χ3v) is 5.82. The van der Waals surface area contributed by atoms with Crippen LogP contribution in [-0.4, -0.2) is 47.5 Å². The molecule has 1 fully saturated rings. The maximum Gasteiger partial charge on any atom is 0.248 e. The van der Waals surface area contributed by atoms with E-state index in [1.54, 1.807) is 30.5 Å². The van der Waals surface area contributed by atoms with Crippen molar-refractivity contribution in [3.8, 4) is 0 Å². The van der Waals surface area contributed by atoms with Gasteiger partial charge in [-0.05, 0) is 63.2 Å². The Morgan fingerprint density at radius 2 is 1.86 bits per heavy atom. The Labute approximate surface area is 133 Å². The first kappa shape index (κ1) is 17.0. The van der Waals surface area contributed by atoms with Crippen LogP contribution < -0.4 is 5.73 Å². The molecule has 0 spiro atoms. The molecule has 1 amide bonds. The second kappa shape index (κ2) is 7.74. The molecule has 122 valence electrons. The predicted molar refractivity (Wildman–Crippen MR) is 89.5 cm³/mol. The summed E-state index contributed by atoms with van der Waals surface area (Å²) in [6.07, 6.45) is 6.49. The molecule has 6 heteroatoms. The molecule has 1 saturated heterocycles. The molecule has 1 aromatic carbocycles. The minimum Gasteiger partial charge on any atom is -0.366 e. The Bertz CT molecular complexity index is 613. The minimum absolute atomic E-state index is 0.420. The highest BCUT2D eigenvalue weighted by Crippen LogP contribution is 2.13. The van der Waals surface area contributed by atoms with Crippen LogP contribution in [0.1, 0.15) is 36.0 Å². The maximum absolute atomic E-state index is 12.6. The highest BCUT2D eigenvalue weighted by Gasteiger charge is 2.10. The van der Waals surface area contributed by atoms with Crippen molar-refractivity contribution in [3.05, 3.63) is 29.8 Å². The average Bonchev–Trinajstić information content (AvgIpc) is 2.53. The van der Waals surface area contributed by atoms with E-state index in [9.17, 15) is 9.00 Å². The summed E-state index contributed by atoms with van der Waals surface area (Å²) < 4.78 is 17.0. The number of primary amides is 1. The zero-order chi connectivity index (χ0) is 16.0. The molecule has 5 nitrogen and oxygen atoms in total. The molecule has 0 radical (unpaired) electrons.